The number of pyridine rings is 1. The first-order valence-corrected chi connectivity index (χ1v) is 13.5. The van der Waals surface area contributed by atoms with E-state index in [9.17, 15) is 4.79 Å². The van der Waals surface area contributed by atoms with Crippen LogP contribution in [0.15, 0.2) is 24.5 Å². The molecule has 1 N–H and O–H groups in total. The van der Waals surface area contributed by atoms with Gasteiger partial charge in [0.15, 0.2) is 0 Å². The molecule has 1 aromatic rings. The average Bonchev–Trinajstić information content (AvgIpc) is 3.34. The lowest BCUT2D eigenvalue weighted by Crippen LogP contribution is -2.57. The fourth-order valence-electron chi connectivity index (χ4n) is 10.5. The average molecular weight is 451 g/mol. The third-order valence-corrected chi connectivity index (χ3v) is 12.1. The molecular formula is C29H42N2O2. The molecule has 1 heterocycles. The van der Waals surface area contributed by atoms with Crippen LogP contribution >= 0.6 is 0 Å². The van der Waals surface area contributed by atoms with Crippen molar-refractivity contribution in [3.63, 3.8) is 0 Å². The molecule has 0 saturated heterocycles. The molecule has 0 aliphatic heterocycles. The predicted molar refractivity (Wildman–Crippen MR) is 129 cm³/mol. The van der Waals surface area contributed by atoms with Gasteiger partial charge < -0.3 is 10.1 Å². The van der Waals surface area contributed by atoms with E-state index in [0.717, 1.165) is 29.2 Å². The summed E-state index contributed by atoms with van der Waals surface area (Å²) in [6.45, 7) is 7.97. The van der Waals surface area contributed by atoms with E-state index in [-0.39, 0.29) is 17.2 Å². The second-order valence-electron chi connectivity index (χ2n) is 12.8. The molecule has 1 spiro atoms. The summed E-state index contributed by atoms with van der Waals surface area (Å²) in [4.78, 5) is 17.3. The highest BCUT2D eigenvalue weighted by molar-refractivity contribution is 5.78. The maximum absolute atomic E-state index is 13.2. The van der Waals surface area contributed by atoms with Crippen molar-refractivity contribution < 1.29 is 9.53 Å². The summed E-state index contributed by atoms with van der Waals surface area (Å²) >= 11 is 0. The van der Waals surface area contributed by atoms with E-state index in [1.165, 1.54) is 51.4 Å². The van der Waals surface area contributed by atoms with Crippen LogP contribution in [-0.4, -0.2) is 24.1 Å². The molecule has 1 aromatic heterocycles. The number of nitrogens with one attached hydrogen (secondary N) is 1. The Balaban J connectivity index is 1.20. The summed E-state index contributed by atoms with van der Waals surface area (Å²) in [5.41, 5.74) is 2.38. The molecule has 5 aliphatic carbocycles. The first-order chi connectivity index (χ1) is 15.8. The zero-order valence-corrected chi connectivity index (χ0v) is 21.0. The number of methoxy groups -OCH3 is 1. The topological polar surface area (TPSA) is 51.2 Å². The molecule has 0 aromatic carbocycles. The third-order valence-electron chi connectivity index (χ3n) is 12.1. The van der Waals surface area contributed by atoms with Crippen molar-refractivity contribution in [1.82, 2.24) is 10.3 Å². The smallest absolute Gasteiger partial charge is 0.223 e. The zero-order valence-electron chi connectivity index (χ0n) is 21.0. The molecule has 6 rings (SSSR count). The standard InChI is InChI=1S/C29H42N2O2/c1-18(26(32)31-17-19-9-13-30-14-10-19)22-5-6-23-21-15-25(33-4)29-16-20(29)7-12-28(29,3)24(21)8-11-27(22,23)2/h9-10,13-14,18,20-25H,5-8,11-12,15-17H2,1-4H3,(H,31,32)/t18-,20+,21-,22+,23-,24-,25?,27+,28+,29-/m0/s1. The monoisotopic (exact) mass is 450 g/mol. The summed E-state index contributed by atoms with van der Waals surface area (Å²) < 4.78 is 6.26. The van der Waals surface area contributed by atoms with E-state index >= 15 is 0 Å². The summed E-state index contributed by atoms with van der Waals surface area (Å²) in [5.74, 6) is 4.11. The van der Waals surface area contributed by atoms with Gasteiger partial charge in [0, 0.05) is 37.4 Å². The van der Waals surface area contributed by atoms with Crippen LogP contribution in [0.3, 0.4) is 0 Å². The summed E-state index contributed by atoms with van der Waals surface area (Å²) in [7, 11) is 1.97. The molecule has 0 radical (unpaired) electrons. The van der Waals surface area contributed by atoms with E-state index in [0.29, 0.717) is 29.4 Å². The lowest BCUT2D eigenvalue weighted by atomic mass is 9.45. The van der Waals surface area contributed by atoms with Crippen molar-refractivity contribution >= 4 is 5.91 Å². The molecule has 0 bridgehead atoms. The van der Waals surface area contributed by atoms with Crippen molar-refractivity contribution in [3.8, 4) is 0 Å². The van der Waals surface area contributed by atoms with Gasteiger partial charge in [0.05, 0.1) is 6.10 Å². The number of hydrogen-bond acceptors (Lipinski definition) is 3. The maximum Gasteiger partial charge on any atom is 0.223 e. The molecule has 1 amide bonds. The predicted octanol–water partition coefficient (Wildman–Crippen LogP) is 5.62. The van der Waals surface area contributed by atoms with Gasteiger partial charge >= 0.3 is 0 Å². The van der Waals surface area contributed by atoms with Crippen LogP contribution in [0.2, 0.25) is 0 Å². The number of amides is 1. The summed E-state index contributed by atoms with van der Waals surface area (Å²) in [5, 5.41) is 3.22. The van der Waals surface area contributed by atoms with Crippen LogP contribution in [0.1, 0.15) is 77.7 Å². The molecule has 5 aliphatic rings. The van der Waals surface area contributed by atoms with Crippen LogP contribution in [0.5, 0.6) is 0 Å². The van der Waals surface area contributed by atoms with Crippen LogP contribution in [0.25, 0.3) is 0 Å². The Morgan fingerprint density at radius 3 is 2.67 bits per heavy atom. The minimum Gasteiger partial charge on any atom is -0.381 e. The zero-order chi connectivity index (χ0) is 23.0. The van der Waals surface area contributed by atoms with E-state index in [2.05, 4.69) is 31.1 Å². The highest BCUT2D eigenvalue weighted by Crippen LogP contribution is 2.82. The van der Waals surface area contributed by atoms with E-state index < -0.39 is 0 Å². The molecule has 5 saturated carbocycles. The highest BCUT2D eigenvalue weighted by atomic mass is 16.5. The van der Waals surface area contributed by atoms with Crippen molar-refractivity contribution in [1.29, 1.82) is 0 Å². The molecule has 4 nitrogen and oxygen atoms in total. The molecule has 180 valence electrons. The van der Waals surface area contributed by atoms with E-state index in [1.807, 2.05) is 19.2 Å². The number of ether oxygens (including phenoxy) is 1. The second-order valence-corrected chi connectivity index (χ2v) is 12.8. The molecule has 4 heteroatoms. The first-order valence-electron chi connectivity index (χ1n) is 13.5. The first kappa shape index (κ1) is 22.1. The van der Waals surface area contributed by atoms with Crippen LogP contribution in [0.4, 0.5) is 0 Å². The summed E-state index contributed by atoms with van der Waals surface area (Å²) in [6.07, 6.45) is 14.7. The van der Waals surface area contributed by atoms with Gasteiger partial charge in [-0.3, -0.25) is 9.78 Å². The van der Waals surface area contributed by atoms with Gasteiger partial charge in [0.1, 0.15) is 0 Å². The number of hydrogen-bond donors (Lipinski definition) is 1. The minimum absolute atomic E-state index is 0.0708. The summed E-state index contributed by atoms with van der Waals surface area (Å²) in [6, 6.07) is 3.96. The Labute approximate surface area is 199 Å². The molecule has 5 fully saturated rings. The fraction of sp³-hybridized carbons (Fsp3) is 0.793. The van der Waals surface area contributed by atoms with E-state index in [1.54, 1.807) is 12.4 Å². The highest BCUT2D eigenvalue weighted by Gasteiger charge is 2.77. The van der Waals surface area contributed by atoms with Crippen molar-refractivity contribution in [3.05, 3.63) is 30.1 Å². The lowest BCUT2D eigenvalue weighted by Gasteiger charge is -2.61. The number of carbonyl (C=O) groups excluding carboxylic acids is 1. The Kier molecular flexibility index (Phi) is 5.04. The lowest BCUT2D eigenvalue weighted by molar-refractivity contribution is -0.162. The minimum atomic E-state index is 0.0708. The van der Waals surface area contributed by atoms with Gasteiger partial charge in [-0.25, -0.2) is 0 Å². The SMILES string of the molecule is COC1C[C@H]2[C@@H]3CC[C@H]([C@H](C)C(=O)NCc4ccncc4)[C@@]3(C)CC[C@@H]2[C@@]2(C)CC[C@@H]3C[C@@]132. The molecular weight excluding hydrogens is 408 g/mol. The normalized spacial score (nSPS) is 48.2. The van der Waals surface area contributed by atoms with Crippen LogP contribution < -0.4 is 5.32 Å². The Hall–Kier alpha value is -1.42. The number of fused-ring (bicyclic) bond motifs is 4. The van der Waals surface area contributed by atoms with Gasteiger partial charge in [-0.2, -0.15) is 0 Å². The number of aromatic nitrogens is 1. The van der Waals surface area contributed by atoms with Gasteiger partial charge in [0.2, 0.25) is 5.91 Å². The number of carbonyl (C=O) groups is 1. The third kappa shape index (κ3) is 2.91. The maximum atomic E-state index is 13.2. The van der Waals surface area contributed by atoms with Gasteiger partial charge in [-0.15, -0.1) is 0 Å². The largest absolute Gasteiger partial charge is 0.381 e. The van der Waals surface area contributed by atoms with Crippen LogP contribution in [-0.2, 0) is 16.1 Å². The molecule has 10 atom stereocenters. The number of rotatable bonds is 5. The van der Waals surface area contributed by atoms with Crippen molar-refractivity contribution in [2.24, 2.45) is 51.8 Å². The second kappa shape index (κ2) is 7.54. The van der Waals surface area contributed by atoms with Gasteiger partial charge in [-0.05, 0) is 109 Å². The Morgan fingerprint density at radius 2 is 1.94 bits per heavy atom. The Bertz CT molecular complexity index is 919. The molecule has 1 unspecified atom stereocenters. The fourth-order valence-corrected chi connectivity index (χ4v) is 10.5. The Morgan fingerprint density at radius 1 is 1.15 bits per heavy atom. The van der Waals surface area contributed by atoms with Gasteiger partial charge in [0.25, 0.3) is 0 Å². The van der Waals surface area contributed by atoms with Crippen molar-refractivity contribution in [2.45, 2.75) is 84.8 Å². The van der Waals surface area contributed by atoms with E-state index in [4.69, 9.17) is 4.74 Å². The quantitative estimate of drug-likeness (QED) is 0.634. The van der Waals surface area contributed by atoms with Crippen molar-refractivity contribution in [2.75, 3.05) is 7.11 Å². The number of nitrogens with zero attached hydrogens (tertiary/aromatic N) is 1. The van der Waals surface area contributed by atoms with Crippen LogP contribution in [0, 0.1) is 51.8 Å². The van der Waals surface area contributed by atoms with Gasteiger partial charge in [-0.1, -0.05) is 20.8 Å². The molecule has 33 heavy (non-hydrogen) atoms.